The predicted molar refractivity (Wildman–Crippen MR) is 92.2 cm³/mol. The second kappa shape index (κ2) is 6.28. The highest BCUT2D eigenvalue weighted by Gasteiger charge is 2.14. The Morgan fingerprint density at radius 2 is 2.19 bits per heavy atom. The van der Waals surface area contributed by atoms with Crippen molar-refractivity contribution in [2.45, 2.75) is 6.54 Å². The Morgan fingerprint density at radius 1 is 1.35 bits per heavy atom. The molecule has 3 heterocycles. The summed E-state index contributed by atoms with van der Waals surface area (Å²) in [6, 6.07) is 8.37. The van der Waals surface area contributed by atoms with Gasteiger partial charge in [0.15, 0.2) is 0 Å². The highest BCUT2D eigenvalue weighted by molar-refractivity contribution is 6.05. The number of nitrogens with zero attached hydrogens (tertiary/aromatic N) is 4. The number of nitrogens with one attached hydrogen (secondary N) is 2. The van der Waals surface area contributed by atoms with Crippen LogP contribution in [0.2, 0.25) is 0 Å². The van der Waals surface area contributed by atoms with E-state index in [1.165, 1.54) is 6.07 Å². The standard InChI is InChI=1S/C17H14N6O3/c1-23-9-10(7-19-23)16-21-15(26-22-16)8-18-17(25)12-6-14(24)20-13-5-3-2-4-11(12)13/h2-7,9H,8H2,1H3,(H,18,25)(H,20,24). The highest BCUT2D eigenvalue weighted by Crippen LogP contribution is 2.16. The molecule has 130 valence electrons. The van der Waals surface area contributed by atoms with Gasteiger partial charge in [0, 0.05) is 30.2 Å². The number of benzene rings is 1. The molecule has 9 nitrogen and oxygen atoms in total. The Morgan fingerprint density at radius 3 is 3.00 bits per heavy atom. The molecule has 1 amide bonds. The monoisotopic (exact) mass is 350 g/mol. The maximum Gasteiger partial charge on any atom is 0.252 e. The first-order valence-electron chi connectivity index (χ1n) is 7.82. The van der Waals surface area contributed by atoms with Crippen LogP contribution in [-0.4, -0.2) is 30.8 Å². The molecular formula is C17H14N6O3. The zero-order valence-electron chi connectivity index (χ0n) is 13.8. The molecule has 4 rings (SSSR count). The minimum atomic E-state index is -0.395. The summed E-state index contributed by atoms with van der Waals surface area (Å²) in [4.78, 5) is 31.2. The van der Waals surface area contributed by atoms with E-state index in [0.29, 0.717) is 16.7 Å². The van der Waals surface area contributed by atoms with Gasteiger partial charge in [0.05, 0.1) is 23.9 Å². The lowest BCUT2D eigenvalue weighted by molar-refractivity contribution is 0.0947. The number of H-pyrrole nitrogens is 1. The van der Waals surface area contributed by atoms with Gasteiger partial charge in [-0.3, -0.25) is 14.3 Å². The van der Waals surface area contributed by atoms with E-state index >= 15 is 0 Å². The van der Waals surface area contributed by atoms with Gasteiger partial charge in [-0.2, -0.15) is 10.1 Å². The summed E-state index contributed by atoms with van der Waals surface area (Å²) in [5.74, 6) is 0.253. The van der Waals surface area contributed by atoms with Crippen LogP contribution in [0.15, 0.2) is 52.0 Å². The SMILES string of the molecule is Cn1cc(-c2noc(CNC(=O)c3cc(=O)[nH]c4ccccc34)n2)cn1. The van der Waals surface area contributed by atoms with Gasteiger partial charge in [-0.25, -0.2) is 0 Å². The lowest BCUT2D eigenvalue weighted by atomic mass is 10.1. The number of hydrogen-bond donors (Lipinski definition) is 2. The average molecular weight is 350 g/mol. The Hall–Kier alpha value is -3.75. The Balaban J connectivity index is 1.53. The molecule has 0 saturated heterocycles. The second-order valence-corrected chi connectivity index (χ2v) is 5.69. The van der Waals surface area contributed by atoms with Crippen LogP contribution in [0.4, 0.5) is 0 Å². The topological polar surface area (TPSA) is 119 Å². The van der Waals surface area contributed by atoms with E-state index in [1.54, 1.807) is 48.4 Å². The van der Waals surface area contributed by atoms with Crippen molar-refractivity contribution in [3.05, 3.63) is 64.5 Å². The third-order valence-corrected chi connectivity index (χ3v) is 3.83. The minimum absolute atomic E-state index is 0.0488. The van der Waals surface area contributed by atoms with Crippen LogP contribution in [-0.2, 0) is 13.6 Å². The van der Waals surface area contributed by atoms with Gasteiger partial charge < -0.3 is 14.8 Å². The molecule has 0 saturated carbocycles. The lowest BCUT2D eigenvalue weighted by Crippen LogP contribution is -2.25. The molecule has 0 unspecified atom stereocenters. The van der Waals surface area contributed by atoms with Crippen LogP contribution in [0.5, 0.6) is 0 Å². The molecule has 0 bridgehead atoms. The molecule has 2 N–H and O–H groups in total. The Labute approximate surface area is 146 Å². The summed E-state index contributed by atoms with van der Waals surface area (Å²) in [5.41, 5.74) is 1.26. The van der Waals surface area contributed by atoms with Crippen LogP contribution in [0, 0.1) is 0 Å². The summed E-state index contributed by atoms with van der Waals surface area (Å²) in [6.07, 6.45) is 3.38. The van der Waals surface area contributed by atoms with Crippen molar-refractivity contribution in [1.82, 2.24) is 30.2 Å². The molecular weight excluding hydrogens is 336 g/mol. The second-order valence-electron chi connectivity index (χ2n) is 5.69. The number of amides is 1. The molecule has 0 fully saturated rings. The zero-order valence-corrected chi connectivity index (χ0v) is 13.8. The summed E-state index contributed by atoms with van der Waals surface area (Å²) < 4.78 is 6.78. The number of fused-ring (bicyclic) bond motifs is 1. The van der Waals surface area contributed by atoms with Crippen LogP contribution >= 0.6 is 0 Å². The molecule has 4 aromatic rings. The van der Waals surface area contributed by atoms with Crippen LogP contribution in [0.3, 0.4) is 0 Å². The third kappa shape index (κ3) is 2.97. The minimum Gasteiger partial charge on any atom is -0.343 e. The maximum absolute atomic E-state index is 12.5. The smallest absolute Gasteiger partial charge is 0.252 e. The normalized spacial score (nSPS) is 11.0. The number of carbonyl (C=O) groups excluding carboxylic acids is 1. The van der Waals surface area contributed by atoms with E-state index in [-0.39, 0.29) is 23.6 Å². The first-order valence-corrected chi connectivity index (χ1v) is 7.82. The van der Waals surface area contributed by atoms with E-state index in [0.717, 1.165) is 5.56 Å². The fraction of sp³-hybridized carbons (Fsp3) is 0.118. The third-order valence-electron chi connectivity index (χ3n) is 3.83. The number of aryl methyl sites for hydroxylation is 1. The van der Waals surface area contributed by atoms with Crippen LogP contribution < -0.4 is 10.9 Å². The number of pyridine rings is 1. The number of para-hydroxylation sites is 1. The fourth-order valence-corrected chi connectivity index (χ4v) is 2.62. The summed E-state index contributed by atoms with van der Waals surface area (Å²) >= 11 is 0. The van der Waals surface area contributed by atoms with Crippen LogP contribution in [0.1, 0.15) is 16.2 Å². The highest BCUT2D eigenvalue weighted by atomic mass is 16.5. The van der Waals surface area contributed by atoms with E-state index in [1.807, 2.05) is 0 Å². The molecule has 0 aliphatic heterocycles. The molecule has 0 aliphatic rings. The van der Waals surface area contributed by atoms with E-state index < -0.39 is 5.91 Å². The van der Waals surface area contributed by atoms with Crippen molar-refractivity contribution in [3.63, 3.8) is 0 Å². The average Bonchev–Trinajstić information content (AvgIpc) is 3.27. The predicted octanol–water partition coefficient (Wildman–Crippen LogP) is 1.24. The van der Waals surface area contributed by atoms with Crippen molar-refractivity contribution in [2.24, 2.45) is 7.05 Å². The van der Waals surface area contributed by atoms with Crippen molar-refractivity contribution in [3.8, 4) is 11.4 Å². The molecule has 3 aromatic heterocycles. The van der Waals surface area contributed by atoms with Crippen molar-refractivity contribution in [2.75, 3.05) is 0 Å². The lowest BCUT2D eigenvalue weighted by Gasteiger charge is -2.06. The quantitative estimate of drug-likeness (QED) is 0.572. The summed E-state index contributed by atoms with van der Waals surface area (Å²) in [6.45, 7) is 0.0488. The van der Waals surface area contributed by atoms with Gasteiger partial charge in [0.1, 0.15) is 0 Å². The number of aromatic nitrogens is 5. The van der Waals surface area contributed by atoms with Crippen LogP contribution in [0.25, 0.3) is 22.3 Å². The maximum atomic E-state index is 12.5. The number of aromatic amines is 1. The molecule has 0 spiro atoms. The van der Waals surface area contributed by atoms with Crippen molar-refractivity contribution >= 4 is 16.8 Å². The summed E-state index contributed by atoms with van der Waals surface area (Å²) in [7, 11) is 1.79. The number of rotatable bonds is 4. The van der Waals surface area contributed by atoms with Gasteiger partial charge in [0.25, 0.3) is 5.91 Å². The first-order chi connectivity index (χ1) is 12.6. The van der Waals surface area contributed by atoms with Gasteiger partial charge in [-0.1, -0.05) is 23.4 Å². The Bertz CT molecular complexity index is 1160. The first kappa shape index (κ1) is 15.8. The molecule has 0 atom stereocenters. The molecule has 0 aliphatic carbocycles. The van der Waals surface area contributed by atoms with Gasteiger partial charge in [-0.05, 0) is 6.07 Å². The van der Waals surface area contributed by atoms with E-state index in [9.17, 15) is 9.59 Å². The van der Waals surface area contributed by atoms with Crippen molar-refractivity contribution < 1.29 is 9.32 Å². The molecule has 9 heteroatoms. The van der Waals surface area contributed by atoms with Gasteiger partial charge in [0.2, 0.25) is 17.3 Å². The molecule has 0 radical (unpaired) electrons. The molecule has 1 aromatic carbocycles. The Kier molecular flexibility index (Phi) is 3.81. The zero-order chi connectivity index (χ0) is 18.1. The van der Waals surface area contributed by atoms with Gasteiger partial charge in [-0.15, -0.1) is 0 Å². The van der Waals surface area contributed by atoms with Gasteiger partial charge >= 0.3 is 0 Å². The molecule has 26 heavy (non-hydrogen) atoms. The fourth-order valence-electron chi connectivity index (χ4n) is 2.62. The van der Waals surface area contributed by atoms with Crippen molar-refractivity contribution in [1.29, 1.82) is 0 Å². The summed E-state index contributed by atoms with van der Waals surface area (Å²) in [5, 5.41) is 11.3. The number of hydrogen-bond acceptors (Lipinski definition) is 6. The number of carbonyl (C=O) groups is 1. The van der Waals surface area contributed by atoms with E-state index in [4.69, 9.17) is 4.52 Å². The largest absolute Gasteiger partial charge is 0.343 e. The van der Waals surface area contributed by atoms with E-state index in [2.05, 4.69) is 25.5 Å².